The highest BCUT2D eigenvalue weighted by atomic mass is 16.2. The van der Waals surface area contributed by atoms with Gasteiger partial charge in [0.25, 0.3) is 0 Å². The first-order chi connectivity index (χ1) is 8.85. The molecule has 0 aromatic heterocycles. The van der Waals surface area contributed by atoms with E-state index in [2.05, 4.69) is 0 Å². The van der Waals surface area contributed by atoms with Crippen LogP contribution in [0.5, 0.6) is 0 Å². The first-order valence-corrected chi connectivity index (χ1v) is 7.13. The molecular formula is C14H25N3O2. The SMILES string of the molecule is CN1CCN(C(=O)C2(CN)CCCC2)C(C)(C)C1=O. The number of hydrogen-bond donors (Lipinski definition) is 1. The van der Waals surface area contributed by atoms with E-state index in [1.165, 1.54) is 0 Å². The van der Waals surface area contributed by atoms with Crippen LogP contribution in [0.3, 0.4) is 0 Å². The maximum absolute atomic E-state index is 12.9. The summed E-state index contributed by atoms with van der Waals surface area (Å²) in [7, 11) is 1.79. The van der Waals surface area contributed by atoms with Crippen molar-refractivity contribution in [1.29, 1.82) is 0 Å². The van der Waals surface area contributed by atoms with Gasteiger partial charge in [0.1, 0.15) is 5.54 Å². The quantitative estimate of drug-likeness (QED) is 0.796. The van der Waals surface area contributed by atoms with E-state index in [-0.39, 0.29) is 11.8 Å². The normalized spacial score (nSPS) is 25.8. The van der Waals surface area contributed by atoms with E-state index in [4.69, 9.17) is 5.73 Å². The predicted molar refractivity (Wildman–Crippen MR) is 73.4 cm³/mol. The number of amides is 2. The predicted octanol–water partition coefficient (Wildman–Crippen LogP) is 0.585. The summed E-state index contributed by atoms with van der Waals surface area (Å²) in [5.74, 6) is 0.0937. The number of carbonyl (C=O) groups is 2. The summed E-state index contributed by atoms with van der Waals surface area (Å²) >= 11 is 0. The average molecular weight is 267 g/mol. The molecule has 2 rings (SSSR count). The minimum Gasteiger partial charge on any atom is -0.342 e. The van der Waals surface area contributed by atoms with Crippen LogP contribution >= 0.6 is 0 Å². The van der Waals surface area contributed by atoms with Crippen molar-refractivity contribution < 1.29 is 9.59 Å². The van der Waals surface area contributed by atoms with E-state index in [1.54, 1.807) is 16.8 Å². The summed E-state index contributed by atoms with van der Waals surface area (Å²) in [4.78, 5) is 28.6. The highest BCUT2D eigenvalue weighted by molar-refractivity contribution is 5.94. The van der Waals surface area contributed by atoms with Gasteiger partial charge in [-0.15, -0.1) is 0 Å². The average Bonchev–Trinajstić information content (AvgIpc) is 2.85. The molecule has 2 N–H and O–H groups in total. The Morgan fingerprint density at radius 2 is 1.84 bits per heavy atom. The van der Waals surface area contributed by atoms with Crippen LogP contribution in [0.2, 0.25) is 0 Å². The number of likely N-dealkylation sites (N-methyl/N-ethyl adjacent to an activating group) is 1. The molecular weight excluding hydrogens is 242 g/mol. The zero-order valence-corrected chi connectivity index (χ0v) is 12.2. The monoisotopic (exact) mass is 267 g/mol. The Kier molecular flexibility index (Phi) is 3.60. The molecule has 1 aliphatic carbocycles. The Morgan fingerprint density at radius 1 is 1.26 bits per heavy atom. The maximum Gasteiger partial charge on any atom is 0.247 e. The smallest absolute Gasteiger partial charge is 0.247 e. The van der Waals surface area contributed by atoms with Crippen molar-refractivity contribution in [1.82, 2.24) is 9.80 Å². The summed E-state index contributed by atoms with van der Waals surface area (Å²) < 4.78 is 0. The molecule has 1 saturated heterocycles. The largest absolute Gasteiger partial charge is 0.342 e. The van der Waals surface area contributed by atoms with Crippen molar-refractivity contribution in [2.45, 2.75) is 45.1 Å². The Morgan fingerprint density at radius 3 is 2.37 bits per heavy atom. The summed E-state index contributed by atoms with van der Waals surface area (Å²) in [6, 6.07) is 0. The van der Waals surface area contributed by atoms with Crippen molar-refractivity contribution in [2.24, 2.45) is 11.1 Å². The van der Waals surface area contributed by atoms with Gasteiger partial charge >= 0.3 is 0 Å². The highest BCUT2D eigenvalue weighted by Crippen LogP contribution is 2.40. The van der Waals surface area contributed by atoms with Gasteiger partial charge < -0.3 is 15.5 Å². The lowest BCUT2D eigenvalue weighted by molar-refractivity contribution is -0.162. The molecule has 0 unspecified atom stereocenters. The van der Waals surface area contributed by atoms with Gasteiger partial charge in [-0.25, -0.2) is 0 Å². The fraction of sp³-hybridized carbons (Fsp3) is 0.857. The van der Waals surface area contributed by atoms with Crippen LogP contribution < -0.4 is 5.73 Å². The topological polar surface area (TPSA) is 66.6 Å². The van der Waals surface area contributed by atoms with Gasteiger partial charge in [-0.1, -0.05) is 12.8 Å². The second kappa shape index (κ2) is 4.78. The molecule has 19 heavy (non-hydrogen) atoms. The lowest BCUT2D eigenvalue weighted by Crippen LogP contribution is -2.66. The Bertz CT molecular complexity index is 386. The fourth-order valence-corrected chi connectivity index (χ4v) is 3.41. The summed E-state index contributed by atoms with van der Waals surface area (Å²) in [5.41, 5.74) is 4.71. The first-order valence-electron chi connectivity index (χ1n) is 7.13. The van der Waals surface area contributed by atoms with Crippen molar-refractivity contribution >= 4 is 11.8 Å². The molecule has 0 spiro atoms. The molecule has 108 valence electrons. The van der Waals surface area contributed by atoms with Gasteiger partial charge in [-0.05, 0) is 26.7 Å². The molecule has 0 atom stereocenters. The molecule has 2 amide bonds. The van der Waals surface area contributed by atoms with E-state index in [0.29, 0.717) is 19.6 Å². The molecule has 0 aromatic carbocycles. The second-order valence-electron chi connectivity index (χ2n) is 6.43. The Balaban J connectivity index is 2.25. The summed E-state index contributed by atoms with van der Waals surface area (Å²) in [6.07, 6.45) is 3.84. The molecule has 5 heteroatoms. The zero-order chi connectivity index (χ0) is 14.3. The lowest BCUT2D eigenvalue weighted by atomic mass is 9.82. The zero-order valence-electron chi connectivity index (χ0n) is 12.2. The van der Waals surface area contributed by atoms with Gasteiger partial charge in [-0.3, -0.25) is 9.59 Å². The van der Waals surface area contributed by atoms with Crippen LogP contribution in [0.25, 0.3) is 0 Å². The van der Waals surface area contributed by atoms with Crippen molar-refractivity contribution in [3.8, 4) is 0 Å². The summed E-state index contributed by atoms with van der Waals surface area (Å²) in [5, 5.41) is 0. The van der Waals surface area contributed by atoms with Crippen molar-refractivity contribution in [2.75, 3.05) is 26.7 Å². The van der Waals surface area contributed by atoms with Crippen molar-refractivity contribution in [3.05, 3.63) is 0 Å². The molecule has 1 aliphatic heterocycles. The van der Waals surface area contributed by atoms with Gasteiger partial charge in [-0.2, -0.15) is 0 Å². The van der Waals surface area contributed by atoms with Crippen LogP contribution in [0.1, 0.15) is 39.5 Å². The molecule has 0 bridgehead atoms. The Labute approximate surface area is 115 Å². The molecule has 5 nitrogen and oxygen atoms in total. The van der Waals surface area contributed by atoms with Gasteiger partial charge in [0.15, 0.2) is 0 Å². The molecule has 0 aromatic rings. The fourth-order valence-electron chi connectivity index (χ4n) is 3.41. The second-order valence-corrected chi connectivity index (χ2v) is 6.43. The number of nitrogens with zero attached hydrogens (tertiary/aromatic N) is 2. The molecule has 1 saturated carbocycles. The number of rotatable bonds is 2. The maximum atomic E-state index is 12.9. The van der Waals surface area contributed by atoms with Gasteiger partial charge in [0.05, 0.1) is 5.41 Å². The number of carbonyl (C=O) groups excluding carboxylic acids is 2. The van der Waals surface area contributed by atoms with E-state index in [1.807, 2.05) is 13.8 Å². The minimum atomic E-state index is -0.755. The number of nitrogens with two attached hydrogens (primary N) is 1. The minimum absolute atomic E-state index is 0.0114. The number of piperazine rings is 1. The van der Waals surface area contributed by atoms with E-state index in [0.717, 1.165) is 25.7 Å². The van der Waals surface area contributed by atoms with E-state index in [9.17, 15) is 9.59 Å². The van der Waals surface area contributed by atoms with E-state index >= 15 is 0 Å². The van der Waals surface area contributed by atoms with Crippen LogP contribution in [0.4, 0.5) is 0 Å². The molecule has 2 aliphatic rings. The third kappa shape index (κ3) is 2.14. The molecule has 2 fully saturated rings. The van der Waals surface area contributed by atoms with Crippen LogP contribution in [0.15, 0.2) is 0 Å². The molecule has 1 heterocycles. The standard InChI is InChI=1S/C14H25N3O2/c1-13(2)11(18)16(3)8-9-17(13)12(19)14(10-15)6-4-5-7-14/h4-10,15H2,1-3H3. The number of hydrogen-bond acceptors (Lipinski definition) is 3. The van der Waals surface area contributed by atoms with Crippen molar-refractivity contribution in [3.63, 3.8) is 0 Å². The van der Waals surface area contributed by atoms with Crippen LogP contribution in [-0.4, -0.2) is 53.8 Å². The Hall–Kier alpha value is -1.10. The molecule has 0 radical (unpaired) electrons. The lowest BCUT2D eigenvalue weighted by Gasteiger charge is -2.47. The van der Waals surface area contributed by atoms with E-state index < -0.39 is 11.0 Å². The first kappa shape index (κ1) is 14.3. The van der Waals surface area contributed by atoms with Crippen LogP contribution in [-0.2, 0) is 9.59 Å². The van der Waals surface area contributed by atoms with Gasteiger partial charge in [0, 0.05) is 26.7 Å². The van der Waals surface area contributed by atoms with Crippen LogP contribution in [0, 0.1) is 5.41 Å². The van der Waals surface area contributed by atoms with Gasteiger partial charge in [0.2, 0.25) is 11.8 Å². The third-order valence-electron chi connectivity index (χ3n) is 4.85. The third-order valence-corrected chi connectivity index (χ3v) is 4.85. The summed E-state index contributed by atoms with van der Waals surface area (Å²) in [6.45, 7) is 5.27. The highest BCUT2D eigenvalue weighted by Gasteiger charge is 2.50.